The first-order valence-corrected chi connectivity index (χ1v) is 12.4. The summed E-state index contributed by atoms with van der Waals surface area (Å²) in [6.07, 6.45) is 2.46. The number of sulfonamides is 1. The van der Waals surface area contributed by atoms with Gasteiger partial charge in [-0.3, -0.25) is 9.59 Å². The van der Waals surface area contributed by atoms with Crippen LogP contribution in [0.4, 0.5) is 5.69 Å². The van der Waals surface area contributed by atoms with E-state index in [4.69, 9.17) is 11.6 Å². The first-order chi connectivity index (χ1) is 15.2. The molecule has 1 fully saturated rings. The average molecular weight is 476 g/mol. The fraction of sp³-hybridized carbons (Fsp3) is 0.391. The number of rotatable bonds is 7. The van der Waals surface area contributed by atoms with E-state index in [0.717, 1.165) is 34.0 Å². The van der Waals surface area contributed by atoms with E-state index in [1.54, 1.807) is 41.3 Å². The fourth-order valence-corrected chi connectivity index (χ4v) is 5.26. The summed E-state index contributed by atoms with van der Waals surface area (Å²) in [7, 11) is -2.47. The Bertz CT molecular complexity index is 1150. The van der Waals surface area contributed by atoms with E-state index in [1.807, 2.05) is 6.92 Å². The number of halogens is 1. The zero-order chi connectivity index (χ0) is 23.0. The molecule has 1 aliphatic heterocycles. The highest BCUT2D eigenvalue weighted by Gasteiger charge is 2.40. The number of fused-ring (bicyclic) bond motifs is 1. The monoisotopic (exact) mass is 475 g/mol. The van der Waals surface area contributed by atoms with Gasteiger partial charge in [-0.15, -0.1) is 0 Å². The Morgan fingerprint density at radius 1 is 1.16 bits per heavy atom. The van der Waals surface area contributed by atoms with Gasteiger partial charge in [-0.05, 0) is 67.6 Å². The molecule has 2 aliphatic rings. The van der Waals surface area contributed by atoms with Gasteiger partial charge < -0.3 is 10.2 Å². The van der Waals surface area contributed by atoms with E-state index in [1.165, 1.54) is 13.1 Å². The van der Waals surface area contributed by atoms with Gasteiger partial charge in [0, 0.05) is 36.3 Å². The van der Waals surface area contributed by atoms with Crippen molar-refractivity contribution >= 4 is 39.1 Å². The highest BCUT2D eigenvalue weighted by molar-refractivity contribution is 7.89. The van der Waals surface area contributed by atoms with Gasteiger partial charge in [0.2, 0.25) is 21.8 Å². The molecule has 0 aromatic heterocycles. The van der Waals surface area contributed by atoms with Gasteiger partial charge in [0.15, 0.2) is 0 Å². The minimum Gasteiger partial charge on any atom is -0.351 e. The number of hydrogen-bond donors (Lipinski definition) is 1. The number of amides is 2. The number of anilines is 1. The molecule has 1 aliphatic carbocycles. The van der Waals surface area contributed by atoms with Crippen LogP contribution < -0.4 is 10.2 Å². The summed E-state index contributed by atoms with van der Waals surface area (Å²) >= 11 is 5.85. The molecule has 2 aromatic carbocycles. The molecule has 170 valence electrons. The molecule has 0 unspecified atom stereocenters. The molecule has 7 nitrogen and oxygen atoms in total. The van der Waals surface area contributed by atoms with E-state index in [9.17, 15) is 18.0 Å². The van der Waals surface area contributed by atoms with Crippen LogP contribution in [0.25, 0.3) is 0 Å². The summed E-state index contributed by atoms with van der Waals surface area (Å²) in [5.41, 5.74) is 2.50. The second-order valence-corrected chi connectivity index (χ2v) is 11.0. The summed E-state index contributed by atoms with van der Waals surface area (Å²) in [5.74, 6) is -0.173. The molecule has 9 heteroatoms. The molecule has 0 spiro atoms. The number of nitrogens with one attached hydrogen (secondary N) is 1. The maximum absolute atomic E-state index is 13.0. The summed E-state index contributed by atoms with van der Waals surface area (Å²) in [6, 6.07) is 11.9. The zero-order valence-electron chi connectivity index (χ0n) is 18.0. The second kappa shape index (κ2) is 8.84. The topological polar surface area (TPSA) is 86.8 Å². The Balaban J connectivity index is 1.42. The number of benzene rings is 2. The van der Waals surface area contributed by atoms with Gasteiger partial charge in [-0.2, -0.15) is 4.31 Å². The highest BCUT2D eigenvalue weighted by Crippen LogP contribution is 2.39. The Kier molecular flexibility index (Phi) is 6.29. The lowest BCUT2D eigenvalue weighted by Crippen LogP contribution is -2.38. The Morgan fingerprint density at radius 3 is 2.50 bits per heavy atom. The fourth-order valence-electron chi connectivity index (χ4n) is 3.96. The largest absolute Gasteiger partial charge is 0.351 e. The van der Waals surface area contributed by atoms with E-state index in [0.29, 0.717) is 11.4 Å². The smallest absolute Gasteiger partial charge is 0.243 e. The molecule has 4 rings (SSSR count). The lowest BCUT2D eigenvalue weighted by atomic mass is 10.1. The van der Waals surface area contributed by atoms with E-state index in [-0.39, 0.29) is 35.9 Å². The molecular weight excluding hydrogens is 450 g/mol. The third-order valence-electron chi connectivity index (χ3n) is 5.91. The Morgan fingerprint density at radius 2 is 1.84 bits per heavy atom. The van der Waals surface area contributed by atoms with Crippen LogP contribution in [-0.2, 0) is 32.6 Å². The van der Waals surface area contributed by atoms with Crippen molar-refractivity contribution in [3.05, 3.63) is 58.6 Å². The van der Waals surface area contributed by atoms with Crippen LogP contribution in [0.5, 0.6) is 0 Å². The summed E-state index contributed by atoms with van der Waals surface area (Å²) < 4.78 is 27.1. The Hall–Kier alpha value is -2.42. The molecule has 0 radical (unpaired) electrons. The molecule has 1 saturated carbocycles. The molecule has 32 heavy (non-hydrogen) atoms. The first kappa shape index (κ1) is 22.8. The van der Waals surface area contributed by atoms with Crippen molar-refractivity contribution in [1.82, 2.24) is 9.62 Å². The van der Waals surface area contributed by atoms with Crippen molar-refractivity contribution in [2.45, 2.75) is 43.7 Å². The summed E-state index contributed by atoms with van der Waals surface area (Å²) in [5, 5.41) is 3.33. The first-order valence-electron chi connectivity index (χ1n) is 10.6. The van der Waals surface area contributed by atoms with Crippen molar-refractivity contribution in [3.63, 3.8) is 0 Å². The normalized spacial score (nSPS) is 18.0. The number of nitrogens with zero attached hydrogens (tertiary/aromatic N) is 2. The van der Waals surface area contributed by atoms with Gasteiger partial charge in [0.05, 0.1) is 11.4 Å². The predicted octanol–water partition coefficient (Wildman–Crippen LogP) is 2.96. The van der Waals surface area contributed by atoms with Gasteiger partial charge in [0.25, 0.3) is 0 Å². The van der Waals surface area contributed by atoms with Crippen LogP contribution in [0.15, 0.2) is 47.4 Å². The SMILES string of the molecule is C[C@H]1Cc2cc(S(=O)(=O)N(C)CC(=O)NCc3ccc(Cl)cc3)ccc2N1C(=O)C1CC1. The van der Waals surface area contributed by atoms with Crippen molar-refractivity contribution < 1.29 is 18.0 Å². The molecular formula is C23H26ClN3O4S. The highest BCUT2D eigenvalue weighted by atomic mass is 35.5. The molecule has 1 N–H and O–H groups in total. The van der Waals surface area contributed by atoms with Gasteiger partial charge in [-0.25, -0.2) is 8.42 Å². The van der Waals surface area contributed by atoms with Crippen molar-refractivity contribution in [2.24, 2.45) is 5.92 Å². The lowest BCUT2D eigenvalue weighted by molar-refractivity contribution is -0.121. The quantitative estimate of drug-likeness (QED) is 0.667. The molecule has 0 saturated heterocycles. The number of carbonyl (C=O) groups excluding carboxylic acids is 2. The standard InChI is InChI=1S/C23H26ClN3O4S/c1-15-11-18-12-20(9-10-21(18)27(15)23(29)17-5-6-17)32(30,31)26(2)14-22(28)25-13-16-3-7-19(24)8-4-16/h3-4,7-10,12,15,17H,5-6,11,13-14H2,1-2H3,(H,25,28)/t15-/m0/s1. The maximum atomic E-state index is 13.0. The summed E-state index contributed by atoms with van der Waals surface area (Å²) in [4.78, 5) is 26.8. The van der Waals surface area contributed by atoms with Crippen molar-refractivity contribution in [2.75, 3.05) is 18.5 Å². The van der Waals surface area contributed by atoms with Crippen LogP contribution in [0.2, 0.25) is 5.02 Å². The van der Waals surface area contributed by atoms with E-state index in [2.05, 4.69) is 5.32 Å². The van der Waals surface area contributed by atoms with Crippen LogP contribution in [0, 0.1) is 5.92 Å². The zero-order valence-corrected chi connectivity index (χ0v) is 19.6. The summed E-state index contributed by atoms with van der Waals surface area (Å²) in [6.45, 7) is 1.97. The third kappa shape index (κ3) is 4.67. The van der Waals surface area contributed by atoms with E-state index >= 15 is 0 Å². The number of likely N-dealkylation sites (N-methyl/N-ethyl adjacent to an activating group) is 1. The minimum absolute atomic E-state index is 0.00688. The second-order valence-electron chi connectivity index (χ2n) is 8.49. The average Bonchev–Trinajstić information content (AvgIpc) is 3.54. The van der Waals surface area contributed by atoms with Crippen LogP contribution in [0.3, 0.4) is 0 Å². The third-order valence-corrected chi connectivity index (χ3v) is 7.96. The van der Waals surface area contributed by atoms with E-state index < -0.39 is 15.9 Å². The van der Waals surface area contributed by atoms with Crippen LogP contribution in [0.1, 0.15) is 30.9 Å². The Labute approximate surface area is 193 Å². The molecule has 2 amide bonds. The maximum Gasteiger partial charge on any atom is 0.243 e. The van der Waals surface area contributed by atoms with Crippen LogP contribution in [-0.4, -0.2) is 44.2 Å². The molecule has 1 heterocycles. The number of carbonyl (C=O) groups is 2. The number of hydrogen-bond acceptors (Lipinski definition) is 4. The van der Waals surface area contributed by atoms with Crippen molar-refractivity contribution in [1.29, 1.82) is 0 Å². The molecule has 2 aromatic rings. The van der Waals surface area contributed by atoms with Crippen molar-refractivity contribution in [3.8, 4) is 0 Å². The van der Waals surface area contributed by atoms with Gasteiger partial charge >= 0.3 is 0 Å². The molecule has 1 atom stereocenters. The van der Waals surface area contributed by atoms with Gasteiger partial charge in [0.1, 0.15) is 0 Å². The van der Waals surface area contributed by atoms with Gasteiger partial charge in [-0.1, -0.05) is 23.7 Å². The van der Waals surface area contributed by atoms with Crippen LogP contribution >= 0.6 is 11.6 Å². The predicted molar refractivity (Wildman–Crippen MR) is 123 cm³/mol. The molecule has 0 bridgehead atoms. The lowest BCUT2D eigenvalue weighted by Gasteiger charge is -2.23. The minimum atomic E-state index is -3.85.